The van der Waals surface area contributed by atoms with Crippen molar-refractivity contribution in [1.82, 2.24) is 0 Å². The molecule has 0 aliphatic carbocycles. The van der Waals surface area contributed by atoms with E-state index in [-0.39, 0.29) is 104 Å². The van der Waals surface area contributed by atoms with E-state index in [1.54, 1.807) is 0 Å². The molecule has 0 aromatic heterocycles. The second kappa shape index (κ2) is 9.74. The summed E-state index contributed by atoms with van der Waals surface area (Å²) in [6.07, 6.45) is 0. The van der Waals surface area contributed by atoms with Gasteiger partial charge >= 0.3 is 0 Å². The Morgan fingerprint density at radius 2 is 1.31 bits per heavy atom. The Kier molecular flexibility index (Phi) is 15.6. The Morgan fingerprint density at radius 1 is 0.923 bits per heavy atom. The summed E-state index contributed by atoms with van der Waals surface area (Å²) in [6.45, 7) is 6.63. The van der Waals surface area contributed by atoms with Gasteiger partial charge in [0.1, 0.15) is 0 Å². The summed E-state index contributed by atoms with van der Waals surface area (Å²) in [5, 5.41) is 0. The molecule has 0 amide bonds. The van der Waals surface area contributed by atoms with E-state index in [0.29, 0.717) is 0 Å². The largest absolute Gasteiger partial charge is 0.184 e. The summed E-state index contributed by atoms with van der Waals surface area (Å²) in [4.78, 5) is 0. The van der Waals surface area contributed by atoms with Crippen molar-refractivity contribution in [2.24, 2.45) is 0 Å². The van der Waals surface area contributed by atoms with Crippen LogP contribution in [0.4, 0.5) is 0 Å². The van der Waals surface area contributed by atoms with Gasteiger partial charge in [-0.25, -0.2) is 0 Å². The molecule has 3 radical (unpaired) electrons. The molecule has 0 bridgehead atoms. The van der Waals surface area contributed by atoms with E-state index >= 15 is 0 Å². The molecule has 0 heterocycles. The van der Waals surface area contributed by atoms with Gasteiger partial charge in [0.2, 0.25) is 0 Å². The van der Waals surface area contributed by atoms with E-state index < -0.39 is 0 Å². The normalized spacial score (nSPS) is 8.85. The second-order valence-corrected chi connectivity index (χ2v) is 3.54. The average Bonchev–Trinajstić information content (AvgIpc) is 1.88. The van der Waals surface area contributed by atoms with E-state index in [1.165, 1.54) is 5.56 Å². The minimum absolute atomic E-state index is 0. The van der Waals surface area contributed by atoms with Gasteiger partial charge in [0.15, 0.2) is 0 Å². The summed E-state index contributed by atoms with van der Waals surface area (Å²) in [7, 11) is 0. The molecular weight excluding hydrogens is 387 g/mol. The van der Waals surface area contributed by atoms with Crippen molar-refractivity contribution >= 4 is 0 Å². The zero-order chi connectivity index (χ0) is 7.61. The molecule has 0 unspecified atom stereocenters. The minimum atomic E-state index is 0. The predicted molar refractivity (Wildman–Crippen MR) is 44.0 cm³/mol. The van der Waals surface area contributed by atoms with E-state index in [4.69, 9.17) is 0 Å². The van der Waals surface area contributed by atoms with Crippen molar-refractivity contribution in [2.75, 3.05) is 0 Å². The van der Waals surface area contributed by atoms with Crippen LogP contribution in [0.1, 0.15) is 26.3 Å². The molecule has 0 saturated carbocycles. The Labute approximate surface area is 157 Å². The topological polar surface area (TPSA) is 0 Å². The van der Waals surface area contributed by atoms with Crippen LogP contribution in [0.5, 0.6) is 0 Å². The van der Waals surface area contributed by atoms with E-state index in [1.807, 2.05) is 12.1 Å². The zero-order valence-corrected chi connectivity index (χ0v) is 17.1. The van der Waals surface area contributed by atoms with Gasteiger partial charge in [0, 0.05) is 98.1 Å². The quantitative estimate of drug-likeness (QED) is 0.588. The number of benzene rings is 1. The van der Waals surface area contributed by atoms with Gasteiger partial charge in [-0.3, -0.25) is 0 Å². The SMILES string of the molecule is CC(C)(C)c1cc[c-]cc1.[Y].[Y].[Y]. The molecule has 1 aromatic rings. The smallest absolute Gasteiger partial charge is 0 e. The first-order chi connectivity index (χ1) is 4.61. The van der Waals surface area contributed by atoms with E-state index in [0.717, 1.165) is 0 Å². The molecule has 0 spiro atoms. The minimum Gasteiger partial charge on any atom is -0.184 e. The summed E-state index contributed by atoms with van der Waals surface area (Å²) >= 11 is 0. The van der Waals surface area contributed by atoms with Gasteiger partial charge in [-0.2, -0.15) is 35.9 Å². The first-order valence-corrected chi connectivity index (χ1v) is 3.57. The van der Waals surface area contributed by atoms with Gasteiger partial charge in [-0.15, -0.1) is 0 Å². The molecule has 1 rings (SSSR count). The molecule has 13 heavy (non-hydrogen) atoms. The fourth-order valence-electron chi connectivity index (χ4n) is 0.887. The van der Waals surface area contributed by atoms with E-state index in [2.05, 4.69) is 39.0 Å². The first-order valence-electron chi connectivity index (χ1n) is 3.57. The van der Waals surface area contributed by atoms with Gasteiger partial charge < -0.3 is 0 Å². The first kappa shape index (κ1) is 20.9. The summed E-state index contributed by atoms with van der Waals surface area (Å²) in [5.74, 6) is 0. The molecule has 0 saturated heterocycles. The Hall–Kier alpha value is 2.53. The Morgan fingerprint density at radius 3 is 1.54 bits per heavy atom. The van der Waals surface area contributed by atoms with Gasteiger partial charge in [-0.1, -0.05) is 20.8 Å². The van der Waals surface area contributed by atoms with Gasteiger partial charge in [0.05, 0.1) is 0 Å². The molecule has 0 aliphatic heterocycles. The Balaban J connectivity index is -0.000000333. The van der Waals surface area contributed by atoms with Crippen molar-refractivity contribution in [3.05, 3.63) is 35.9 Å². The average molecular weight is 400 g/mol. The maximum Gasteiger partial charge on any atom is 0 e. The molecule has 1 aromatic carbocycles. The molecule has 0 nitrogen and oxygen atoms in total. The second-order valence-electron chi connectivity index (χ2n) is 3.54. The predicted octanol–water partition coefficient (Wildman–Crippen LogP) is 2.78. The third-order valence-corrected chi connectivity index (χ3v) is 1.58. The molecular formula is C10H13Y3-. The number of hydrogen-bond donors (Lipinski definition) is 0. The summed E-state index contributed by atoms with van der Waals surface area (Å²) in [6, 6.07) is 11.1. The molecule has 3 heteroatoms. The van der Waals surface area contributed by atoms with Crippen molar-refractivity contribution in [3.63, 3.8) is 0 Å². The van der Waals surface area contributed by atoms with Crippen LogP contribution in [0.15, 0.2) is 24.3 Å². The van der Waals surface area contributed by atoms with Crippen molar-refractivity contribution in [3.8, 4) is 0 Å². The standard InChI is InChI=1S/C10H13.3Y/c1-10(2,3)9-7-5-4-6-8-9;;;/h5-8H,1-3H3;;;/q-1;;;. The van der Waals surface area contributed by atoms with Crippen molar-refractivity contribution in [2.45, 2.75) is 26.2 Å². The van der Waals surface area contributed by atoms with E-state index in [9.17, 15) is 0 Å². The van der Waals surface area contributed by atoms with Crippen LogP contribution in [0.25, 0.3) is 0 Å². The van der Waals surface area contributed by atoms with Crippen LogP contribution in [-0.4, -0.2) is 0 Å². The van der Waals surface area contributed by atoms with Gasteiger partial charge in [-0.05, 0) is 5.41 Å². The fraction of sp³-hybridized carbons (Fsp3) is 0.400. The molecule has 0 aliphatic rings. The maximum absolute atomic E-state index is 3.00. The molecule has 0 atom stereocenters. The summed E-state index contributed by atoms with van der Waals surface area (Å²) < 4.78 is 0. The van der Waals surface area contributed by atoms with Crippen molar-refractivity contribution < 1.29 is 98.1 Å². The number of rotatable bonds is 0. The maximum atomic E-state index is 3.00. The van der Waals surface area contributed by atoms with Crippen LogP contribution >= 0.6 is 0 Å². The van der Waals surface area contributed by atoms with Crippen LogP contribution in [0.2, 0.25) is 0 Å². The van der Waals surface area contributed by atoms with Crippen molar-refractivity contribution in [1.29, 1.82) is 0 Å². The Bertz CT molecular complexity index is 201. The third kappa shape index (κ3) is 8.35. The third-order valence-electron chi connectivity index (χ3n) is 1.58. The zero-order valence-electron chi connectivity index (χ0n) is 8.54. The van der Waals surface area contributed by atoms with Crippen LogP contribution in [0.3, 0.4) is 0 Å². The molecule has 63 valence electrons. The monoisotopic (exact) mass is 400 g/mol. The van der Waals surface area contributed by atoms with Crippen LogP contribution in [-0.2, 0) is 104 Å². The van der Waals surface area contributed by atoms with Gasteiger partial charge in [0.25, 0.3) is 0 Å². The summed E-state index contributed by atoms with van der Waals surface area (Å²) in [5.41, 5.74) is 1.64. The number of hydrogen-bond acceptors (Lipinski definition) is 0. The molecule has 0 fully saturated rings. The van der Waals surface area contributed by atoms with Crippen LogP contribution < -0.4 is 0 Å². The van der Waals surface area contributed by atoms with Crippen LogP contribution in [0, 0.1) is 6.07 Å². The fourth-order valence-corrected chi connectivity index (χ4v) is 0.887. The molecule has 0 N–H and O–H groups in total.